The van der Waals surface area contributed by atoms with E-state index in [0.29, 0.717) is 24.2 Å². The molecule has 2 bridgehead atoms. The summed E-state index contributed by atoms with van der Waals surface area (Å²) >= 11 is 0. The molecule has 6 rings (SSSR count). The Kier molecular flexibility index (Phi) is 7.98. The van der Waals surface area contributed by atoms with E-state index in [9.17, 15) is 9.59 Å². The van der Waals surface area contributed by atoms with Crippen LogP contribution in [0.25, 0.3) is 0 Å². The largest absolute Gasteiger partial charge is 0.481 e. The lowest BCUT2D eigenvalue weighted by Gasteiger charge is -2.64. The molecule has 4 fully saturated rings. The average Bonchev–Trinajstić information content (AvgIpc) is 3.24. The standard InChI is InChI=1S/C32H49BN2O4/c1-19(2)15-25(34-29(36)24-14-10-12-21-11-8-9-13-23(21)24)30(37)35-28(16-20(3)4)33-38-27-18-22-17-26(31(22,5)6)32(27,7)39-33/h8-9,11,13,19-20,22,24-28H,10,12,14-18H2,1-7H3,(H,34,36)(H,35,37)/t22-,24?,25-,26-,27+,28-,32-/m0/s1. The molecule has 0 aromatic heterocycles. The predicted octanol–water partition coefficient (Wildman–Crippen LogP) is 5.44. The van der Waals surface area contributed by atoms with Crippen molar-refractivity contribution in [3.63, 3.8) is 0 Å². The normalized spacial score (nSPS) is 32.2. The summed E-state index contributed by atoms with van der Waals surface area (Å²) in [7, 11) is -0.470. The maximum absolute atomic E-state index is 13.8. The Morgan fingerprint density at radius 3 is 2.44 bits per heavy atom. The van der Waals surface area contributed by atoms with Crippen LogP contribution in [0.2, 0.25) is 0 Å². The number of amides is 2. The number of benzene rings is 1. The molecule has 1 aromatic rings. The maximum Gasteiger partial charge on any atom is 0.481 e. The van der Waals surface area contributed by atoms with Gasteiger partial charge in [0, 0.05) is 0 Å². The summed E-state index contributed by atoms with van der Waals surface area (Å²) in [4.78, 5) is 27.4. The van der Waals surface area contributed by atoms with Crippen molar-refractivity contribution in [3.8, 4) is 0 Å². The summed E-state index contributed by atoms with van der Waals surface area (Å²) in [5.41, 5.74) is 2.30. The quantitative estimate of drug-likeness (QED) is 0.413. The van der Waals surface area contributed by atoms with Gasteiger partial charge in [0.05, 0.1) is 23.6 Å². The van der Waals surface area contributed by atoms with Crippen molar-refractivity contribution in [2.75, 3.05) is 0 Å². The second kappa shape index (κ2) is 10.9. The number of carbonyl (C=O) groups is 2. The van der Waals surface area contributed by atoms with Crippen LogP contribution in [0.4, 0.5) is 0 Å². The molecule has 39 heavy (non-hydrogen) atoms. The number of carbonyl (C=O) groups excluding carboxylic acids is 2. The molecule has 0 radical (unpaired) electrons. The molecule has 2 N–H and O–H groups in total. The molecule has 2 amide bonds. The zero-order valence-corrected chi connectivity index (χ0v) is 25.1. The lowest BCUT2D eigenvalue weighted by Crippen LogP contribution is -2.65. The first-order valence-corrected chi connectivity index (χ1v) is 15.4. The molecule has 1 unspecified atom stereocenters. The Labute approximate surface area is 235 Å². The Morgan fingerprint density at radius 1 is 1.03 bits per heavy atom. The van der Waals surface area contributed by atoms with Gasteiger partial charge in [-0.15, -0.1) is 0 Å². The van der Waals surface area contributed by atoms with Crippen LogP contribution in [0, 0.1) is 29.1 Å². The van der Waals surface area contributed by atoms with Crippen LogP contribution < -0.4 is 10.6 Å². The Balaban J connectivity index is 1.30. The van der Waals surface area contributed by atoms with Crippen molar-refractivity contribution in [3.05, 3.63) is 35.4 Å². The Morgan fingerprint density at radius 2 is 1.74 bits per heavy atom. The lowest BCUT2D eigenvalue weighted by atomic mass is 9.43. The van der Waals surface area contributed by atoms with Crippen LogP contribution in [0.5, 0.6) is 0 Å². The maximum atomic E-state index is 13.8. The Hall–Kier alpha value is -1.86. The predicted molar refractivity (Wildman–Crippen MR) is 155 cm³/mol. The number of aryl methyl sites for hydroxylation is 1. The molecular formula is C32H49BN2O4. The molecule has 3 saturated carbocycles. The molecule has 214 valence electrons. The van der Waals surface area contributed by atoms with Gasteiger partial charge in [0.2, 0.25) is 11.8 Å². The van der Waals surface area contributed by atoms with Crippen LogP contribution in [0.3, 0.4) is 0 Å². The van der Waals surface area contributed by atoms with Crippen LogP contribution >= 0.6 is 0 Å². The van der Waals surface area contributed by atoms with Crippen molar-refractivity contribution in [2.24, 2.45) is 29.1 Å². The number of nitrogens with one attached hydrogen (secondary N) is 2. The molecule has 1 aromatic carbocycles. The van der Waals surface area contributed by atoms with Gasteiger partial charge in [-0.1, -0.05) is 65.8 Å². The van der Waals surface area contributed by atoms with Crippen molar-refractivity contribution in [1.82, 2.24) is 10.6 Å². The minimum atomic E-state index is -0.590. The van der Waals surface area contributed by atoms with E-state index in [-0.39, 0.29) is 46.7 Å². The smallest absolute Gasteiger partial charge is 0.404 e. The van der Waals surface area contributed by atoms with E-state index in [0.717, 1.165) is 37.7 Å². The van der Waals surface area contributed by atoms with Crippen LogP contribution in [-0.2, 0) is 25.3 Å². The first-order chi connectivity index (χ1) is 18.4. The molecule has 5 aliphatic rings. The third-order valence-corrected chi connectivity index (χ3v) is 10.4. The van der Waals surface area contributed by atoms with E-state index in [1.54, 1.807) is 0 Å². The van der Waals surface area contributed by atoms with Crippen LogP contribution in [-0.4, -0.2) is 42.6 Å². The van der Waals surface area contributed by atoms with Gasteiger partial charge in [-0.05, 0) is 92.1 Å². The molecule has 1 aliphatic heterocycles. The third kappa shape index (κ3) is 5.42. The molecule has 7 atom stereocenters. The van der Waals surface area contributed by atoms with E-state index in [1.165, 1.54) is 12.0 Å². The fourth-order valence-electron chi connectivity index (χ4n) is 8.10. The number of hydrogen-bond acceptors (Lipinski definition) is 4. The minimum absolute atomic E-state index is 0.0442. The van der Waals surface area contributed by atoms with E-state index in [4.69, 9.17) is 9.31 Å². The van der Waals surface area contributed by atoms with Gasteiger partial charge in [-0.3, -0.25) is 9.59 Å². The molecular weight excluding hydrogens is 487 g/mol. The number of rotatable bonds is 9. The van der Waals surface area contributed by atoms with E-state index in [1.807, 2.05) is 12.1 Å². The number of fused-ring (bicyclic) bond motifs is 1. The second-order valence-electron chi connectivity index (χ2n) is 14.4. The van der Waals surface area contributed by atoms with E-state index >= 15 is 0 Å². The Bertz CT molecular complexity index is 1070. The summed E-state index contributed by atoms with van der Waals surface area (Å²) in [6, 6.07) is 7.64. The van der Waals surface area contributed by atoms with Crippen molar-refractivity contribution < 1.29 is 18.9 Å². The second-order valence-corrected chi connectivity index (χ2v) is 14.4. The van der Waals surface area contributed by atoms with Crippen LogP contribution in [0.1, 0.15) is 104 Å². The molecule has 1 heterocycles. The van der Waals surface area contributed by atoms with Gasteiger partial charge in [0.25, 0.3) is 0 Å². The topological polar surface area (TPSA) is 76.7 Å². The first kappa shape index (κ1) is 28.7. The molecule has 1 saturated heterocycles. The monoisotopic (exact) mass is 536 g/mol. The van der Waals surface area contributed by atoms with Gasteiger partial charge in [-0.25, -0.2) is 0 Å². The zero-order chi connectivity index (χ0) is 28.1. The van der Waals surface area contributed by atoms with Gasteiger partial charge in [-0.2, -0.15) is 0 Å². The van der Waals surface area contributed by atoms with E-state index in [2.05, 4.69) is 71.2 Å². The average molecular weight is 537 g/mol. The molecule has 0 spiro atoms. The highest BCUT2D eigenvalue weighted by Gasteiger charge is 2.68. The van der Waals surface area contributed by atoms with E-state index < -0.39 is 13.2 Å². The fourth-order valence-corrected chi connectivity index (χ4v) is 8.10. The number of hydrogen-bond donors (Lipinski definition) is 2. The van der Waals surface area contributed by atoms with Gasteiger partial charge >= 0.3 is 7.12 Å². The van der Waals surface area contributed by atoms with Crippen LogP contribution in [0.15, 0.2) is 24.3 Å². The molecule has 7 heteroatoms. The van der Waals surface area contributed by atoms with Crippen molar-refractivity contribution in [2.45, 2.75) is 123 Å². The van der Waals surface area contributed by atoms with Crippen molar-refractivity contribution >= 4 is 18.9 Å². The summed E-state index contributed by atoms with van der Waals surface area (Å²) in [5, 5.41) is 6.45. The summed E-state index contributed by atoms with van der Waals surface area (Å²) in [6.07, 6.45) is 6.45. The fraction of sp³-hybridized carbons (Fsp3) is 0.750. The summed E-state index contributed by atoms with van der Waals surface area (Å²) < 4.78 is 13.3. The van der Waals surface area contributed by atoms with Crippen molar-refractivity contribution in [1.29, 1.82) is 0 Å². The SMILES string of the molecule is CC(C)C[C@H](NC(=O)[C@H](CC(C)C)NC(=O)C1CCCc2ccccc21)B1O[C@@H]2C[C@@H]3C[C@@H](C3(C)C)[C@]2(C)O1. The van der Waals surface area contributed by atoms with Gasteiger partial charge in [0.15, 0.2) is 0 Å². The molecule has 6 nitrogen and oxygen atoms in total. The highest BCUT2D eigenvalue weighted by Crippen LogP contribution is 2.65. The van der Waals surface area contributed by atoms with Gasteiger partial charge < -0.3 is 19.9 Å². The van der Waals surface area contributed by atoms with Gasteiger partial charge in [0.1, 0.15) is 6.04 Å². The highest BCUT2D eigenvalue weighted by molar-refractivity contribution is 6.48. The minimum Gasteiger partial charge on any atom is -0.404 e. The highest BCUT2D eigenvalue weighted by atomic mass is 16.7. The lowest BCUT2D eigenvalue weighted by molar-refractivity contribution is -0.199. The first-order valence-electron chi connectivity index (χ1n) is 15.4. The summed E-state index contributed by atoms with van der Waals surface area (Å²) in [6.45, 7) is 15.5. The zero-order valence-electron chi connectivity index (χ0n) is 25.1. The summed E-state index contributed by atoms with van der Waals surface area (Å²) in [5.74, 6) is 1.13. The third-order valence-electron chi connectivity index (χ3n) is 10.4. The molecule has 4 aliphatic carbocycles.